The van der Waals surface area contributed by atoms with E-state index in [1.807, 2.05) is 58.9 Å². The number of hydrogen-bond donors (Lipinski definition) is 0. The van der Waals surface area contributed by atoms with Crippen molar-refractivity contribution in [2.75, 3.05) is 13.1 Å². The largest absolute Gasteiger partial charge is 0.341 e. The van der Waals surface area contributed by atoms with Gasteiger partial charge < -0.3 is 4.90 Å². The second-order valence-electron chi connectivity index (χ2n) is 7.15. The lowest BCUT2D eigenvalue weighted by Crippen LogP contribution is -2.31. The standard InChI is InChI=1S/C22H24N4OS/c1-16-9-8-12-19(15-16)26-17(2)23-24-22(26)28-20(18-10-4-3-5-11-18)21(27)25-13-6-7-14-25/h3-5,8-12,15,20H,6-7,13-14H2,1-2H3. The molecule has 2 aromatic carbocycles. The number of amides is 1. The van der Waals surface area contributed by atoms with Gasteiger partial charge in [0.15, 0.2) is 5.16 Å². The van der Waals surface area contributed by atoms with Crippen molar-refractivity contribution < 1.29 is 4.79 Å². The Bertz CT molecular complexity index is 964. The normalized spacial score (nSPS) is 15.0. The van der Waals surface area contributed by atoms with Crippen molar-refractivity contribution >= 4 is 17.7 Å². The van der Waals surface area contributed by atoms with Crippen LogP contribution < -0.4 is 0 Å². The van der Waals surface area contributed by atoms with E-state index in [9.17, 15) is 4.79 Å². The average molecular weight is 393 g/mol. The molecular weight excluding hydrogens is 368 g/mol. The molecule has 2 heterocycles. The van der Waals surface area contributed by atoms with Gasteiger partial charge in [-0.2, -0.15) is 0 Å². The van der Waals surface area contributed by atoms with Crippen LogP contribution in [0.3, 0.4) is 0 Å². The van der Waals surface area contributed by atoms with Gasteiger partial charge >= 0.3 is 0 Å². The van der Waals surface area contributed by atoms with Crippen molar-refractivity contribution in [3.63, 3.8) is 0 Å². The van der Waals surface area contributed by atoms with Crippen LogP contribution in [0, 0.1) is 13.8 Å². The second kappa shape index (κ2) is 8.19. The molecule has 6 heteroatoms. The molecular formula is C22H24N4OS. The zero-order valence-electron chi connectivity index (χ0n) is 16.2. The minimum atomic E-state index is -0.327. The molecule has 5 nitrogen and oxygen atoms in total. The van der Waals surface area contributed by atoms with E-state index in [1.54, 1.807) is 0 Å². The summed E-state index contributed by atoms with van der Waals surface area (Å²) >= 11 is 1.48. The van der Waals surface area contributed by atoms with E-state index in [4.69, 9.17) is 0 Å². The first kappa shape index (κ1) is 18.7. The molecule has 1 saturated heterocycles. The zero-order chi connectivity index (χ0) is 19.5. The van der Waals surface area contributed by atoms with Gasteiger partial charge in [-0.25, -0.2) is 0 Å². The smallest absolute Gasteiger partial charge is 0.240 e. The van der Waals surface area contributed by atoms with E-state index in [0.29, 0.717) is 0 Å². The number of hydrogen-bond acceptors (Lipinski definition) is 4. The molecule has 1 amide bonds. The summed E-state index contributed by atoms with van der Waals surface area (Å²) in [6.45, 7) is 5.69. The number of likely N-dealkylation sites (tertiary alicyclic amines) is 1. The van der Waals surface area contributed by atoms with Crippen molar-refractivity contribution in [3.8, 4) is 5.69 Å². The number of aryl methyl sites for hydroxylation is 2. The van der Waals surface area contributed by atoms with Crippen LogP contribution in [0.5, 0.6) is 0 Å². The van der Waals surface area contributed by atoms with Gasteiger partial charge in [-0.15, -0.1) is 10.2 Å². The molecule has 0 radical (unpaired) electrons. The van der Waals surface area contributed by atoms with Gasteiger partial charge in [-0.3, -0.25) is 9.36 Å². The van der Waals surface area contributed by atoms with Gasteiger partial charge in [0.05, 0.1) is 0 Å². The molecule has 0 spiro atoms. The third kappa shape index (κ3) is 3.83. The Morgan fingerprint density at radius 3 is 2.46 bits per heavy atom. The van der Waals surface area contributed by atoms with Gasteiger partial charge in [0.1, 0.15) is 11.1 Å². The molecule has 0 saturated carbocycles. The van der Waals surface area contributed by atoms with Crippen LogP contribution >= 0.6 is 11.8 Å². The highest BCUT2D eigenvalue weighted by molar-refractivity contribution is 8.00. The summed E-state index contributed by atoms with van der Waals surface area (Å²) in [4.78, 5) is 15.3. The third-order valence-corrected chi connectivity index (χ3v) is 6.21. The van der Waals surface area contributed by atoms with E-state index >= 15 is 0 Å². The molecule has 1 aromatic heterocycles. The maximum absolute atomic E-state index is 13.3. The van der Waals surface area contributed by atoms with Crippen LogP contribution in [0.1, 0.15) is 35.0 Å². The Kier molecular flexibility index (Phi) is 5.48. The lowest BCUT2D eigenvalue weighted by Gasteiger charge is -2.23. The van der Waals surface area contributed by atoms with E-state index < -0.39 is 0 Å². The van der Waals surface area contributed by atoms with Gasteiger partial charge in [-0.05, 0) is 49.9 Å². The quantitative estimate of drug-likeness (QED) is 0.606. The SMILES string of the molecule is Cc1cccc(-n2c(C)nnc2SC(C(=O)N2CCCC2)c2ccccc2)c1. The van der Waals surface area contributed by atoms with E-state index in [0.717, 1.165) is 48.2 Å². The molecule has 28 heavy (non-hydrogen) atoms. The van der Waals surface area contributed by atoms with Crippen LogP contribution in [-0.4, -0.2) is 38.7 Å². The van der Waals surface area contributed by atoms with Gasteiger partial charge in [0.2, 0.25) is 5.91 Å². The van der Waals surface area contributed by atoms with Gasteiger partial charge in [0.25, 0.3) is 0 Å². The number of aromatic nitrogens is 3. The number of nitrogens with zero attached hydrogens (tertiary/aromatic N) is 4. The third-order valence-electron chi connectivity index (χ3n) is 5.02. The van der Waals surface area contributed by atoms with E-state index in [2.05, 4.69) is 29.3 Å². The van der Waals surface area contributed by atoms with Crippen LogP contribution in [0.4, 0.5) is 0 Å². The van der Waals surface area contributed by atoms with Crippen LogP contribution in [0.25, 0.3) is 5.69 Å². The van der Waals surface area contributed by atoms with Crippen LogP contribution in [0.15, 0.2) is 59.8 Å². The minimum Gasteiger partial charge on any atom is -0.341 e. The number of rotatable bonds is 5. The lowest BCUT2D eigenvalue weighted by atomic mass is 10.1. The van der Waals surface area contributed by atoms with Crippen molar-refractivity contribution in [3.05, 3.63) is 71.5 Å². The maximum atomic E-state index is 13.3. The van der Waals surface area contributed by atoms with Gasteiger partial charge in [0, 0.05) is 18.8 Å². The Hall–Kier alpha value is -2.60. The van der Waals surface area contributed by atoms with Crippen LogP contribution in [-0.2, 0) is 4.79 Å². The van der Waals surface area contributed by atoms with Gasteiger partial charge in [-0.1, -0.05) is 54.2 Å². The second-order valence-corrected chi connectivity index (χ2v) is 8.22. The molecule has 1 fully saturated rings. The van der Waals surface area contributed by atoms with E-state index in [1.165, 1.54) is 17.3 Å². The summed E-state index contributed by atoms with van der Waals surface area (Å²) in [5, 5.41) is 9.11. The predicted octanol–water partition coefficient (Wildman–Crippen LogP) is 4.34. The highest BCUT2D eigenvalue weighted by Crippen LogP contribution is 2.37. The van der Waals surface area contributed by atoms with Crippen molar-refractivity contribution in [1.82, 2.24) is 19.7 Å². The Labute approximate surface area is 169 Å². The highest BCUT2D eigenvalue weighted by atomic mass is 32.2. The fourth-order valence-corrected chi connectivity index (χ4v) is 4.77. The lowest BCUT2D eigenvalue weighted by molar-refractivity contribution is -0.129. The molecule has 1 unspecified atom stereocenters. The van der Waals surface area contributed by atoms with Crippen molar-refractivity contribution in [1.29, 1.82) is 0 Å². The van der Waals surface area contributed by atoms with Crippen molar-refractivity contribution in [2.24, 2.45) is 0 Å². The Balaban J connectivity index is 1.71. The number of carbonyl (C=O) groups excluding carboxylic acids is 1. The fraction of sp³-hybridized carbons (Fsp3) is 0.318. The monoisotopic (exact) mass is 392 g/mol. The van der Waals surface area contributed by atoms with Crippen LogP contribution in [0.2, 0.25) is 0 Å². The summed E-state index contributed by atoms with van der Waals surface area (Å²) in [6, 6.07) is 18.2. The predicted molar refractivity (Wildman–Crippen MR) is 112 cm³/mol. The maximum Gasteiger partial charge on any atom is 0.240 e. The first-order valence-corrected chi connectivity index (χ1v) is 10.5. The summed E-state index contributed by atoms with van der Waals surface area (Å²) in [6.07, 6.45) is 2.16. The summed E-state index contributed by atoms with van der Waals surface area (Å²) < 4.78 is 2.03. The number of carbonyl (C=O) groups is 1. The molecule has 4 rings (SSSR count). The van der Waals surface area contributed by atoms with Crippen molar-refractivity contribution in [2.45, 2.75) is 37.1 Å². The highest BCUT2D eigenvalue weighted by Gasteiger charge is 2.30. The first-order chi connectivity index (χ1) is 13.6. The average Bonchev–Trinajstić information content (AvgIpc) is 3.36. The number of thioether (sulfide) groups is 1. The first-order valence-electron chi connectivity index (χ1n) is 9.63. The fourth-order valence-electron chi connectivity index (χ4n) is 3.58. The zero-order valence-corrected chi connectivity index (χ0v) is 17.0. The molecule has 0 bridgehead atoms. The molecule has 1 aliphatic rings. The van der Waals surface area contributed by atoms with E-state index in [-0.39, 0.29) is 11.2 Å². The molecule has 144 valence electrons. The summed E-state index contributed by atoms with van der Waals surface area (Å²) in [5.74, 6) is 0.971. The molecule has 1 atom stereocenters. The summed E-state index contributed by atoms with van der Waals surface area (Å²) in [5.41, 5.74) is 3.19. The molecule has 3 aromatic rings. The summed E-state index contributed by atoms with van der Waals surface area (Å²) in [7, 11) is 0. The Morgan fingerprint density at radius 1 is 1.00 bits per heavy atom. The Morgan fingerprint density at radius 2 is 1.75 bits per heavy atom. The molecule has 1 aliphatic heterocycles. The minimum absolute atomic E-state index is 0.158. The number of benzene rings is 2. The molecule has 0 aliphatic carbocycles. The topological polar surface area (TPSA) is 51.0 Å². The molecule has 0 N–H and O–H groups in total.